The highest BCUT2D eigenvalue weighted by atomic mass is 16.5. The Morgan fingerprint density at radius 3 is 2.67 bits per heavy atom. The van der Waals surface area contributed by atoms with Crippen LogP contribution < -0.4 is 15.2 Å². The van der Waals surface area contributed by atoms with Gasteiger partial charge >= 0.3 is 0 Å². The molecule has 96 valence electrons. The number of nitrogens with two attached hydrogens (primary N) is 1. The van der Waals surface area contributed by atoms with Gasteiger partial charge in [-0.2, -0.15) is 5.10 Å². The lowest BCUT2D eigenvalue weighted by Crippen LogP contribution is -1.99. The molecule has 0 saturated carbocycles. The van der Waals surface area contributed by atoms with Gasteiger partial charge in [0.2, 0.25) is 0 Å². The third-order valence-electron chi connectivity index (χ3n) is 2.56. The second-order valence-corrected chi connectivity index (χ2v) is 4.26. The summed E-state index contributed by atoms with van der Waals surface area (Å²) < 4.78 is 12.7. The molecule has 0 aliphatic rings. The Balaban J connectivity index is 2.22. The molecule has 18 heavy (non-hydrogen) atoms. The summed E-state index contributed by atoms with van der Waals surface area (Å²) in [6.07, 6.45) is 3.50. The van der Waals surface area contributed by atoms with Crippen LogP contribution in [0, 0.1) is 0 Å². The van der Waals surface area contributed by atoms with Crippen LogP contribution in [0.15, 0.2) is 30.6 Å². The molecule has 2 rings (SSSR count). The van der Waals surface area contributed by atoms with Crippen molar-refractivity contribution in [2.75, 3.05) is 12.8 Å². The predicted molar refractivity (Wildman–Crippen MR) is 70.1 cm³/mol. The second-order valence-electron chi connectivity index (χ2n) is 4.26. The van der Waals surface area contributed by atoms with Crippen LogP contribution in [-0.2, 0) is 0 Å². The van der Waals surface area contributed by atoms with Crippen LogP contribution in [0.2, 0.25) is 0 Å². The van der Waals surface area contributed by atoms with E-state index in [4.69, 9.17) is 15.2 Å². The Kier molecular flexibility index (Phi) is 3.41. The van der Waals surface area contributed by atoms with Crippen molar-refractivity contribution >= 4 is 5.69 Å². The maximum Gasteiger partial charge on any atom is 0.165 e. The molecule has 0 amide bonds. The molecule has 0 spiro atoms. The van der Waals surface area contributed by atoms with Gasteiger partial charge in [-0.05, 0) is 26.0 Å². The quantitative estimate of drug-likeness (QED) is 0.844. The molecule has 0 unspecified atom stereocenters. The van der Waals surface area contributed by atoms with Crippen LogP contribution in [0.4, 0.5) is 5.69 Å². The predicted octanol–water partition coefficient (Wildman–Crippen LogP) is 2.85. The largest absolute Gasteiger partial charge is 0.497 e. The maximum atomic E-state index is 5.85. The van der Waals surface area contributed by atoms with Gasteiger partial charge in [0.1, 0.15) is 5.75 Å². The van der Waals surface area contributed by atoms with Crippen LogP contribution in [0.25, 0.3) is 0 Å². The third-order valence-corrected chi connectivity index (χ3v) is 2.56. The third kappa shape index (κ3) is 2.56. The monoisotopic (exact) mass is 247 g/mol. The SMILES string of the molecule is COc1ccc(N)c(Oc2cnn(C(C)C)c2)c1. The van der Waals surface area contributed by atoms with Gasteiger partial charge in [0, 0.05) is 12.1 Å². The molecule has 0 atom stereocenters. The number of ether oxygens (including phenoxy) is 2. The first-order chi connectivity index (χ1) is 8.60. The van der Waals surface area contributed by atoms with Crippen molar-refractivity contribution < 1.29 is 9.47 Å². The first-order valence-corrected chi connectivity index (χ1v) is 5.75. The first-order valence-electron chi connectivity index (χ1n) is 5.75. The fraction of sp³-hybridized carbons (Fsp3) is 0.308. The lowest BCUT2D eigenvalue weighted by molar-refractivity contribution is 0.409. The van der Waals surface area contributed by atoms with E-state index in [-0.39, 0.29) is 0 Å². The summed E-state index contributed by atoms with van der Waals surface area (Å²) in [6.45, 7) is 4.10. The highest BCUT2D eigenvalue weighted by Gasteiger charge is 2.07. The van der Waals surface area contributed by atoms with E-state index in [1.165, 1.54) is 0 Å². The van der Waals surface area contributed by atoms with Crippen molar-refractivity contribution in [1.82, 2.24) is 9.78 Å². The molecule has 2 N–H and O–H groups in total. The Bertz CT molecular complexity index is 535. The minimum absolute atomic E-state index is 0.296. The number of nitrogen functional groups attached to an aromatic ring is 1. The summed E-state index contributed by atoms with van der Waals surface area (Å²) in [4.78, 5) is 0. The molecule has 0 fully saturated rings. The topological polar surface area (TPSA) is 62.3 Å². The smallest absolute Gasteiger partial charge is 0.165 e. The van der Waals surface area contributed by atoms with Gasteiger partial charge in [-0.3, -0.25) is 4.68 Å². The van der Waals surface area contributed by atoms with E-state index in [0.717, 1.165) is 0 Å². The highest BCUT2D eigenvalue weighted by Crippen LogP contribution is 2.31. The van der Waals surface area contributed by atoms with Crippen molar-refractivity contribution in [3.63, 3.8) is 0 Å². The zero-order chi connectivity index (χ0) is 13.1. The van der Waals surface area contributed by atoms with Crippen molar-refractivity contribution in [3.05, 3.63) is 30.6 Å². The molecule has 2 aromatic rings. The van der Waals surface area contributed by atoms with E-state index in [1.807, 2.05) is 10.9 Å². The van der Waals surface area contributed by atoms with Crippen molar-refractivity contribution in [1.29, 1.82) is 0 Å². The fourth-order valence-electron chi connectivity index (χ4n) is 1.51. The molecule has 1 aromatic carbocycles. The van der Waals surface area contributed by atoms with E-state index in [0.29, 0.717) is 29.0 Å². The number of hydrogen-bond donors (Lipinski definition) is 1. The Morgan fingerprint density at radius 2 is 2.06 bits per heavy atom. The lowest BCUT2D eigenvalue weighted by atomic mass is 10.3. The van der Waals surface area contributed by atoms with Crippen LogP contribution in [0.1, 0.15) is 19.9 Å². The molecule has 0 aliphatic heterocycles. The van der Waals surface area contributed by atoms with E-state index in [1.54, 1.807) is 31.5 Å². The Morgan fingerprint density at radius 1 is 1.28 bits per heavy atom. The molecule has 0 saturated heterocycles. The van der Waals surface area contributed by atoms with Gasteiger partial charge < -0.3 is 15.2 Å². The van der Waals surface area contributed by atoms with Crippen LogP contribution in [-0.4, -0.2) is 16.9 Å². The molecule has 0 bridgehead atoms. The summed E-state index contributed by atoms with van der Waals surface area (Å²) in [5, 5.41) is 4.20. The zero-order valence-electron chi connectivity index (χ0n) is 10.8. The van der Waals surface area contributed by atoms with E-state index in [9.17, 15) is 0 Å². The Hall–Kier alpha value is -2.17. The number of nitrogens with zero attached hydrogens (tertiary/aromatic N) is 2. The van der Waals surface area contributed by atoms with E-state index in [2.05, 4.69) is 18.9 Å². The lowest BCUT2D eigenvalue weighted by Gasteiger charge is -2.08. The highest BCUT2D eigenvalue weighted by molar-refractivity contribution is 5.56. The fourth-order valence-corrected chi connectivity index (χ4v) is 1.51. The van der Waals surface area contributed by atoms with Crippen molar-refractivity contribution in [3.8, 4) is 17.2 Å². The summed E-state index contributed by atoms with van der Waals surface area (Å²) in [7, 11) is 1.60. The number of aromatic nitrogens is 2. The molecule has 0 aliphatic carbocycles. The number of anilines is 1. The molecular weight excluding hydrogens is 230 g/mol. The zero-order valence-corrected chi connectivity index (χ0v) is 10.8. The number of hydrogen-bond acceptors (Lipinski definition) is 4. The number of benzene rings is 1. The van der Waals surface area contributed by atoms with Gasteiger partial charge in [-0.15, -0.1) is 0 Å². The normalized spacial score (nSPS) is 10.7. The van der Waals surface area contributed by atoms with Gasteiger partial charge in [0.15, 0.2) is 11.5 Å². The van der Waals surface area contributed by atoms with Crippen LogP contribution in [0.3, 0.4) is 0 Å². The minimum Gasteiger partial charge on any atom is -0.497 e. The average molecular weight is 247 g/mol. The first kappa shape index (κ1) is 12.3. The van der Waals surface area contributed by atoms with Gasteiger partial charge in [-0.25, -0.2) is 0 Å². The van der Waals surface area contributed by atoms with E-state index < -0.39 is 0 Å². The number of methoxy groups -OCH3 is 1. The molecular formula is C13H17N3O2. The summed E-state index contributed by atoms with van der Waals surface area (Å²) >= 11 is 0. The molecule has 1 heterocycles. The van der Waals surface area contributed by atoms with Gasteiger partial charge in [-0.1, -0.05) is 0 Å². The minimum atomic E-state index is 0.296. The summed E-state index contributed by atoms with van der Waals surface area (Å²) in [5.41, 5.74) is 6.41. The average Bonchev–Trinajstić information content (AvgIpc) is 2.81. The van der Waals surface area contributed by atoms with Crippen LogP contribution in [0.5, 0.6) is 17.2 Å². The summed E-state index contributed by atoms with van der Waals surface area (Å²) in [6, 6.07) is 5.59. The van der Waals surface area contributed by atoms with Crippen LogP contribution >= 0.6 is 0 Å². The molecule has 1 aromatic heterocycles. The molecule has 5 heteroatoms. The molecule has 0 radical (unpaired) electrons. The second kappa shape index (κ2) is 5.00. The van der Waals surface area contributed by atoms with Crippen molar-refractivity contribution in [2.45, 2.75) is 19.9 Å². The van der Waals surface area contributed by atoms with E-state index >= 15 is 0 Å². The van der Waals surface area contributed by atoms with Crippen molar-refractivity contribution in [2.24, 2.45) is 0 Å². The van der Waals surface area contributed by atoms with Gasteiger partial charge in [0.05, 0.1) is 25.2 Å². The van der Waals surface area contributed by atoms with Gasteiger partial charge in [0.25, 0.3) is 0 Å². The Labute approximate surface area is 106 Å². The standard InChI is InChI=1S/C13H17N3O2/c1-9(2)16-8-11(7-15-16)18-13-6-10(17-3)4-5-12(13)14/h4-9H,14H2,1-3H3. The maximum absolute atomic E-state index is 5.85. The number of rotatable bonds is 4. The molecule has 5 nitrogen and oxygen atoms in total. The summed E-state index contributed by atoms with van der Waals surface area (Å²) in [5.74, 6) is 1.93.